The molecule has 0 spiro atoms. The zero-order valence-electron chi connectivity index (χ0n) is 13.3. The Hall–Kier alpha value is -2.75. The van der Waals surface area contributed by atoms with Crippen molar-refractivity contribution in [1.29, 1.82) is 0 Å². The second-order valence-electron chi connectivity index (χ2n) is 5.42. The Morgan fingerprint density at radius 1 is 0.870 bits per heavy atom. The van der Waals surface area contributed by atoms with Crippen LogP contribution in [-0.4, -0.2) is 27.5 Å². The van der Waals surface area contributed by atoms with Gasteiger partial charge >= 0.3 is 0 Å². The summed E-state index contributed by atoms with van der Waals surface area (Å²) in [7, 11) is 0. The fourth-order valence-corrected chi connectivity index (χ4v) is 2.36. The molecule has 0 amide bonds. The molecule has 1 heterocycles. The Balaban J connectivity index is 0.000000433. The van der Waals surface area contributed by atoms with Crippen molar-refractivity contribution >= 4 is 5.97 Å². The molecule has 4 heteroatoms. The molecule has 2 aromatic carbocycles. The predicted molar refractivity (Wildman–Crippen MR) is 91.3 cm³/mol. The van der Waals surface area contributed by atoms with Crippen molar-refractivity contribution in [2.75, 3.05) is 6.67 Å². The maximum atomic E-state index is 9.00. The lowest BCUT2D eigenvalue weighted by Crippen LogP contribution is -2.24. The van der Waals surface area contributed by atoms with Crippen LogP contribution in [0, 0.1) is 0 Å². The number of carbonyl (C=O) groups is 1. The van der Waals surface area contributed by atoms with Crippen molar-refractivity contribution in [3.8, 4) is 0 Å². The number of carboxylic acid groups (broad SMARTS) is 1. The van der Waals surface area contributed by atoms with Crippen molar-refractivity contribution < 1.29 is 9.90 Å². The summed E-state index contributed by atoms with van der Waals surface area (Å²) in [5.74, 6) is -0.833. The first-order valence-corrected chi connectivity index (χ1v) is 7.57. The summed E-state index contributed by atoms with van der Waals surface area (Å²) in [4.78, 5) is 13.7. The topological polar surface area (TPSA) is 43.8 Å². The molecule has 2 aromatic rings. The highest BCUT2D eigenvalue weighted by Crippen LogP contribution is 2.14. The first kappa shape index (κ1) is 16.6. The first-order valence-electron chi connectivity index (χ1n) is 7.57. The Kier molecular flexibility index (Phi) is 6.24. The van der Waals surface area contributed by atoms with E-state index < -0.39 is 5.97 Å². The Bertz CT molecular complexity index is 573. The van der Waals surface area contributed by atoms with Crippen molar-refractivity contribution in [2.45, 2.75) is 20.0 Å². The summed E-state index contributed by atoms with van der Waals surface area (Å²) in [6, 6.07) is 21.2. The van der Waals surface area contributed by atoms with Crippen LogP contribution in [0.5, 0.6) is 0 Å². The molecule has 0 radical (unpaired) electrons. The molecule has 0 aromatic heterocycles. The van der Waals surface area contributed by atoms with Gasteiger partial charge in [0.1, 0.15) is 0 Å². The van der Waals surface area contributed by atoms with E-state index in [-0.39, 0.29) is 0 Å². The summed E-state index contributed by atoms with van der Waals surface area (Å²) in [5, 5.41) is 7.42. The van der Waals surface area contributed by atoms with Crippen LogP contribution in [0.3, 0.4) is 0 Å². The Morgan fingerprint density at radius 3 is 1.57 bits per heavy atom. The number of hydrogen-bond acceptors (Lipinski definition) is 3. The van der Waals surface area contributed by atoms with Crippen LogP contribution in [0.2, 0.25) is 0 Å². The molecule has 0 fully saturated rings. The van der Waals surface area contributed by atoms with Crippen LogP contribution in [0.4, 0.5) is 0 Å². The van der Waals surface area contributed by atoms with E-state index in [1.54, 1.807) is 0 Å². The van der Waals surface area contributed by atoms with Gasteiger partial charge in [0, 0.05) is 32.4 Å². The molecule has 1 aliphatic heterocycles. The molecular formula is C19H22N2O2. The zero-order chi connectivity index (χ0) is 16.5. The fraction of sp³-hybridized carbons (Fsp3) is 0.211. The SMILES string of the molecule is C1=CN(Cc2ccccc2)CN1Cc1ccccc1.CC(=O)O. The lowest BCUT2D eigenvalue weighted by molar-refractivity contribution is -0.134. The van der Waals surface area contributed by atoms with Gasteiger partial charge in [-0.15, -0.1) is 0 Å². The van der Waals surface area contributed by atoms with Gasteiger partial charge in [-0.1, -0.05) is 60.7 Å². The van der Waals surface area contributed by atoms with E-state index in [2.05, 4.69) is 82.9 Å². The summed E-state index contributed by atoms with van der Waals surface area (Å²) in [5.41, 5.74) is 2.71. The molecule has 1 N–H and O–H groups in total. The molecule has 0 unspecified atom stereocenters. The number of hydrogen-bond donors (Lipinski definition) is 1. The van der Waals surface area contributed by atoms with Gasteiger partial charge in [0.15, 0.2) is 0 Å². The van der Waals surface area contributed by atoms with Gasteiger partial charge in [0.25, 0.3) is 5.97 Å². The van der Waals surface area contributed by atoms with Crippen molar-refractivity contribution in [3.05, 3.63) is 84.2 Å². The quantitative estimate of drug-likeness (QED) is 0.938. The van der Waals surface area contributed by atoms with Gasteiger partial charge in [0.05, 0.1) is 6.67 Å². The Morgan fingerprint density at radius 2 is 1.22 bits per heavy atom. The largest absolute Gasteiger partial charge is 0.481 e. The van der Waals surface area contributed by atoms with Gasteiger partial charge in [-0.3, -0.25) is 4.79 Å². The normalized spacial score (nSPS) is 12.7. The van der Waals surface area contributed by atoms with E-state index in [0.29, 0.717) is 0 Å². The molecule has 0 saturated heterocycles. The third-order valence-corrected chi connectivity index (χ3v) is 3.31. The minimum absolute atomic E-state index is 0.833. The molecule has 0 atom stereocenters. The van der Waals surface area contributed by atoms with Crippen LogP contribution in [0.15, 0.2) is 73.1 Å². The minimum atomic E-state index is -0.833. The van der Waals surface area contributed by atoms with Crippen LogP contribution < -0.4 is 0 Å². The predicted octanol–water partition coefficient (Wildman–Crippen LogP) is 3.52. The standard InChI is InChI=1S/C17H18N2.C2H4O2/c1-3-7-16(8-4-1)13-18-11-12-19(15-18)14-17-9-5-2-6-10-17;1-2(3)4/h1-12H,13-15H2;1H3,(H,3,4). The fourth-order valence-electron chi connectivity index (χ4n) is 2.36. The van der Waals surface area contributed by atoms with E-state index >= 15 is 0 Å². The number of rotatable bonds is 4. The molecule has 120 valence electrons. The van der Waals surface area contributed by atoms with Gasteiger partial charge in [-0.25, -0.2) is 0 Å². The zero-order valence-corrected chi connectivity index (χ0v) is 13.3. The molecule has 23 heavy (non-hydrogen) atoms. The van der Waals surface area contributed by atoms with Gasteiger partial charge < -0.3 is 14.9 Å². The number of aliphatic carboxylic acids is 1. The maximum Gasteiger partial charge on any atom is 0.300 e. The van der Waals surface area contributed by atoms with Crippen LogP contribution in [-0.2, 0) is 17.9 Å². The van der Waals surface area contributed by atoms with E-state index in [0.717, 1.165) is 26.7 Å². The van der Waals surface area contributed by atoms with Crippen molar-refractivity contribution in [1.82, 2.24) is 9.80 Å². The van der Waals surface area contributed by atoms with E-state index in [9.17, 15) is 0 Å². The molecular weight excluding hydrogens is 288 g/mol. The van der Waals surface area contributed by atoms with Gasteiger partial charge in [-0.05, 0) is 11.1 Å². The molecule has 0 saturated carbocycles. The van der Waals surface area contributed by atoms with Gasteiger partial charge in [0.2, 0.25) is 0 Å². The smallest absolute Gasteiger partial charge is 0.300 e. The second-order valence-corrected chi connectivity index (χ2v) is 5.42. The highest BCUT2D eigenvalue weighted by molar-refractivity contribution is 5.62. The van der Waals surface area contributed by atoms with Crippen molar-refractivity contribution in [3.63, 3.8) is 0 Å². The summed E-state index contributed by atoms with van der Waals surface area (Å²) >= 11 is 0. The minimum Gasteiger partial charge on any atom is -0.481 e. The molecule has 0 aliphatic carbocycles. The van der Waals surface area contributed by atoms with Crippen LogP contribution in [0.1, 0.15) is 18.1 Å². The van der Waals surface area contributed by atoms with E-state index in [1.165, 1.54) is 11.1 Å². The van der Waals surface area contributed by atoms with Crippen molar-refractivity contribution in [2.24, 2.45) is 0 Å². The number of benzene rings is 2. The summed E-state index contributed by atoms with van der Waals surface area (Å²) in [6.07, 6.45) is 4.35. The lowest BCUT2D eigenvalue weighted by Gasteiger charge is -2.21. The molecule has 3 rings (SSSR count). The van der Waals surface area contributed by atoms with Gasteiger partial charge in [-0.2, -0.15) is 0 Å². The second kappa shape index (κ2) is 8.63. The average molecular weight is 310 g/mol. The molecule has 4 nitrogen and oxygen atoms in total. The molecule has 0 bridgehead atoms. The summed E-state index contributed by atoms with van der Waals surface area (Å²) in [6.45, 7) is 4.00. The lowest BCUT2D eigenvalue weighted by atomic mass is 10.2. The number of nitrogens with zero attached hydrogens (tertiary/aromatic N) is 2. The maximum absolute atomic E-state index is 9.00. The van der Waals surface area contributed by atoms with E-state index in [4.69, 9.17) is 9.90 Å². The highest BCUT2D eigenvalue weighted by atomic mass is 16.4. The van der Waals surface area contributed by atoms with E-state index in [1.807, 2.05) is 0 Å². The summed E-state index contributed by atoms with van der Waals surface area (Å²) < 4.78 is 0. The molecule has 1 aliphatic rings. The highest BCUT2D eigenvalue weighted by Gasteiger charge is 2.12. The number of carboxylic acids is 1. The Labute approximate surface area is 137 Å². The third kappa shape index (κ3) is 6.26. The van der Waals surface area contributed by atoms with Crippen LogP contribution >= 0.6 is 0 Å². The monoisotopic (exact) mass is 310 g/mol. The average Bonchev–Trinajstić information content (AvgIpc) is 2.96. The van der Waals surface area contributed by atoms with Crippen LogP contribution in [0.25, 0.3) is 0 Å². The third-order valence-electron chi connectivity index (χ3n) is 3.31. The first-order chi connectivity index (χ1) is 11.1.